The van der Waals surface area contributed by atoms with Gasteiger partial charge in [0.2, 0.25) is 0 Å². The van der Waals surface area contributed by atoms with Crippen molar-refractivity contribution >= 4 is 11.3 Å². The molecule has 0 aromatic carbocycles. The molecule has 1 heterocycles. The summed E-state index contributed by atoms with van der Waals surface area (Å²) in [5.41, 5.74) is 1.34. The Morgan fingerprint density at radius 2 is 2.27 bits per heavy atom. The predicted octanol–water partition coefficient (Wildman–Crippen LogP) is 2.77. The summed E-state index contributed by atoms with van der Waals surface area (Å²) in [7, 11) is 2.01. The fraction of sp³-hybridized carbons (Fsp3) is 0.750. The molecule has 1 fully saturated rings. The van der Waals surface area contributed by atoms with Crippen molar-refractivity contribution in [3.63, 3.8) is 0 Å². The summed E-state index contributed by atoms with van der Waals surface area (Å²) in [5, 5.41) is 4.60. The maximum atomic E-state index is 4.78. The van der Waals surface area contributed by atoms with E-state index in [0.717, 1.165) is 18.9 Å². The van der Waals surface area contributed by atoms with Gasteiger partial charge in [0.05, 0.1) is 10.7 Å². The predicted molar refractivity (Wildman–Crippen MR) is 65.3 cm³/mol. The van der Waals surface area contributed by atoms with Crippen molar-refractivity contribution in [3.05, 3.63) is 15.6 Å². The Morgan fingerprint density at radius 1 is 1.47 bits per heavy atom. The van der Waals surface area contributed by atoms with Crippen LogP contribution in [0.2, 0.25) is 0 Å². The number of nitrogens with zero attached hydrogens (tertiary/aromatic N) is 1. The van der Waals surface area contributed by atoms with Gasteiger partial charge >= 0.3 is 0 Å². The largest absolute Gasteiger partial charge is 0.315 e. The van der Waals surface area contributed by atoms with Crippen LogP contribution in [0.5, 0.6) is 0 Å². The third-order valence-corrected chi connectivity index (χ3v) is 3.93. The van der Waals surface area contributed by atoms with Gasteiger partial charge in [-0.05, 0) is 32.2 Å². The van der Waals surface area contributed by atoms with Crippen LogP contribution < -0.4 is 5.32 Å². The minimum absolute atomic E-state index is 0.952. The molecule has 1 aromatic rings. The third kappa shape index (κ3) is 3.02. The molecule has 1 N–H and O–H groups in total. The van der Waals surface area contributed by atoms with E-state index in [-0.39, 0.29) is 0 Å². The lowest BCUT2D eigenvalue weighted by molar-refractivity contribution is 0.784. The van der Waals surface area contributed by atoms with Crippen LogP contribution in [0.25, 0.3) is 0 Å². The molecule has 0 amide bonds. The molecule has 0 unspecified atom stereocenters. The first-order valence-electron chi connectivity index (χ1n) is 5.95. The molecule has 0 spiro atoms. The quantitative estimate of drug-likeness (QED) is 0.803. The number of rotatable bonds is 6. The molecule has 84 valence electrons. The fourth-order valence-corrected chi connectivity index (χ4v) is 3.07. The van der Waals surface area contributed by atoms with Crippen LogP contribution in [0.1, 0.15) is 41.8 Å². The Morgan fingerprint density at radius 3 is 2.87 bits per heavy atom. The highest BCUT2D eigenvalue weighted by molar-refractivity contribution is 7.11. The molecule has 1 aliphatic rings. The van der Waals surface area contributed by atoms with Crippen molar-refractivity contribution in [2.75, 3.05) is 7.05 Å². The highest BCUT2D eigenvalue weighted by Crippen LogP contribution is 2.34. The monoisotopic (exact) mass is 224 g/mol. The van der Waals surface area contributed by atoms with Gasteiger partial charge in [0.1, 0.15) is 0 Å². The van der Waals surface area contributed by atoms with Crippen molar-refractivity contribution < 1.29 is 0 Å². The summed E-state index contributed by atoms with van der Waals surface area (Å²) in [5.74, 6) is 0.952. The molecular formula is C12H20N2S. The summed E-state index contributed by atoms with van der Waals surface area (Å²) >= 11 is 1.92. The summed E-state index contributed by atoms with van der Waals surface area (Å²) in [6, 6.07) is 0. The van der Waals surface area contributed by atoms with E-state index in [1.165, 1.54) is 41.3 Å². The molecule has 0 aliphatic heterocycles. The van der Waals surface area contributed by atoms with Gasteiger partial charge in [0.15, 0.2) is 0 Å². The topological polar surface area (TPSA) is 24.9 Å². The number of thiazole rings is 1. The lowest BCUT2D eigenvalue weighted by Gasteiger charge is -1.98. The second-order valence-electron chi connectivity index (χ2n) is 4.41. The molecule has 3 heteroatoms. The van der Waals surface area contributed by atoms with Crippen molar-refractivity contribution in [3.8, 4) is 0 Å². The Balaban J connectivity index is 2.06. The minimum atomic E-state index is 0.952. The number of hydrogen-bond donors (Lipinski definition) is 1. The summed E-state index contributed by atoms with van der Waals surface area (Å²) < 4.78 is 0. The first-order chi connectivity index (χ1) is 7.33. The van der Waals surface area contributed by atoms with Crippen molar-refractivity contribution in [1.82, 2.24) is 10.3 Å². The van der Waals surface area contributed by atoms with Crippen LogP contribution in [0.3, 0.4) is 0 Å². The van der Waals surface area contributed by atoms with E-state index < -0.39 is 0 Å². The number of nitrogens with one attached hydrogen (secondary N) is 1. The average molecular weight is 224 g/mol. The summed E-state index contributed by atoms with van der Waals surface area (Å²) in [6.07, 6.45) is 6.40. The number of aromatic nitrogens is 1. The van der Waals surface area contributed by atoms with Crippen molar-refractivity contribution in [2.45, 2.75) is 45.6 Å². The van der Waals surface area contributed by atoms with Crippen LogP contribution in [-0.2, 0) is 19.4 Å². The van der Waals surface area contributed by atoms with Gasteiger partial charge in [-0.15, -0.1) is 11.3 Å². The molecule has 0 saturated heterocycles. The van der Waals surface area contributed by atoms with Crippen LogP contribution in [0.15, 0.2) is 0 Å². The standard InChI is InChI=1S/C12H20N2S/c1-3-4-10-11(8-13-2)15-12(14-10)7-9-5-6-9/h9,13H,3-8H2,1-2H3. The molecule has 2 nitrogen and oxygen atoms in total. The Hall–Kier alpha value is -0.410. The van der Waals surface area contributed by atoms with Gasteiger partial charge in [0, 0.05) is 17.8 Å². The zero-order chi connectivity index (χ0) is 10.7. The van der Waals surface area contributed by atoms with Gasteiger partial charge in [-0.25, -0.2) is 4.98 Å². The number of hydrogen-bond acceptors (Lipinski definition) is 3. The molecule has 15 heavy (non-hydrogen) atoms. The molecular weight excluding hydrogens is 204 g/mol. The summed E-state index contributed by atoms with van der Waals surface area (Å²) in [6.45, 7) is 3.21. The zero-order valence-corrected chi connectivity index (χ0v) is 10.5. The van der Waals surface area contributed by atoms with Crippen molar-refractivity contribution in [2.24, 2.45) is 5.92 Å². The maximum absolute atomic E-state index is 4.78. The second-order valence-corrected chi connectivity index (χ2v) is 5.57. The average Bonchev–Trinajstić information content (AvgIpc) is 2.93. The highest BCUT2D eigenvalue weighted by atomic mass is 32.1. The van der Waals surface area contributed by atoms with E-state index in [4.69, 9.17) is 4.98 Å². The molecule has 2 rings (SSSR count). The second kappa shape index (κ2) is 5.08. The fourth-order valence-electron chi connectivity index (χ4n) is 1.82. The van der Waals surface area contributed by atoms with Gasteiger partial charge < -0.3 is 5.32 Å². The Bertz CT molecular complexity index is 292. The van der Waals surface area contributed by atoms with Gasteiger partial charge in [-0.2, -0.15) is 0 Å². The molecule has 0 bridgehead atoms. The molecule has 1 aliphatic carbocycles. The van der Waals surface area contributed by atoms with E-state index in [1.54, 1.807) is 0 Å². The van der Waals surface area contributed by atoms with E-state index in [1.807, 2.05) is 18.4 Å². The lowest BCUT2D eigenvalue weighted by atomic mass is 10.2. The van der Waals surface area contributed by atoms with E-state index in [9.17, 15) is 0 Å². The van der Waals surface area contributed by atoms with Gasteiger partial charge in [-0.1, -0.05) is 13.3 Å². The third-order valence-electron chi connectivity index (χ3n) is 2.81. The van der Waals surface area contributed by atoms with Crippen LogP contribution in [-0.4, -0.2) is 12.0 Å². The smallest absolute Gasteiger partial charge is 0.0934 e. The first-order valence-corrected chi connectivity index (χ1v) is 6.77. The van der Waals surface area contributed by atoms with E-state index in [0.29, 0.717) is 0 Å². The normalized spacial score (nSPS) is 15.9. The zero-order valence-electron chi connectivity index (χ0n) is 9.68. The van der Waals surface area contributed by atoms with E-state index in [2.05, 4.69) is 12.2 Å². The van der Waals surface area contributed by atoms with E-state index >= 15 is 0 Å². The molecule has 1 saturated carbocycles. The van der Waals surface area contributed by atoms with Crippen LogP contribution in [0.4, 0.5) is 0 Å². The van der Waals surface area contributed by atoms with Gasteiger partial charge in [-0.3, -0.25) is 0 Å². The van der Waals surface area contributed by atoms with Crippen LogP contribution in [0, 0.1) is 5.92 Å². The highest BCUT2D eigenvalue weighted by Gasteiger charge is 2.23. The Labute approximate surface area is 96.1 Å². The minimum Gasteiger partial charge on any atom is -0.315 e. The van der Waals surface area contributed by atoms with Crippen molar-refractivity contribution in [1.29, 1.82) is 0 Å². The van der Waals surface area contributed by atoms with Crippen LogP contribution >= 0.6 is 11.3 Å². The molecule has 1 aromatic heterocycles. The molecule has 0 atom stereocenters. The lowest BCUT2D eigenvalue weighted by Crippen LogP contribution is -2.05. The SMILES string of the molecule is CCCc1nc(CC2CC2)sc1CNC. The maximum Gasteiger partial charge on any atom is 0.0934 e. The molecule has 0 radical (unpaired) electrons. The number of aryl methyl sites for hydroxylation is 1. The first kappa shape index (κ1) is 11.1. The van der Waals surface area contributed by atoms with Gasteiger partial charge in [0.25, 0.3) is 0 Å². The Kier molecular flexibility index (Phi) is 3.76. The summed E-state index contributed by atoms with van der Waals surface area (Å²) in [4.78, 5) is 6.23.